The molecule has 5 heterocycles. The van der Waals surface area contributed by atoms with E-state index in [4.69, 9.17) is 18.8 Å². The van der Waals surface area contributed by atoms with Gasteiger partial charge in [-0.15, -0.1) is 0 Å². The van der Waals surface area contributed by atoms with Crippen LogP contribution in [0.25, 0.3) is 121 Å². The maximum Gasteiger partial charge on any atom is 0.248 e. The summed E-state index contributed by atoms with van der Waals surface area (Å²) in [6.07, 6.45) is 0. The number of nitrogens with zero attached hydrogens (tertiary/aromatic N) is 4. The van der Waals surface area contributed by atoms with Gasteiger partial charge in [0, 0.05) is 37.7 Å². The number of aromatic nitrogens is 4. The van der Waals surface area contributed by atoms with Gasteiger partial charge < -0.3 is 8.83 Å². The van der Waals surface area contributed by atoms with Crippen LogP contribution in [0.15, 0.2) is 142 Å². The lowest BCUT2D eigenvalue weighted by atomic mass is 9.95. The summed E-state index contributed by atoms with van der Waals surface area (Å²) in [5.41, 5.74) is 10.4. The van der Waals surface area contributed by atoms with Gasteiger partial charge in [-0.1, -0.05) is 84.9 Å². The van der Waals surface area contributed by atoms with Crippen molar-refractivity contribution in [2.24, 2.45) is 0 Å². The van der Waals surface area contributed by atoms with E-state index in [2.05, 4.69) is 124 Å². The number of hydrogen-bond acceptors (Lipinski definition) is 4. The van der Waals surface area contributed by atoms with E-state index in [1.54, 1.807) is 0 Å². The van der Waals surface area contributed by atoms with Gasteiger partial charge in [-0.2, -0.15) is 4.98 Å². The van der Waals surface area contributed by atoms with Crippen LogP contribution in [0.2, 0.25) is 0 Å². The molecule has 50 heavy (non-hydrogen) atoms. The third-order valence-electron chi connectivity index (χ3n) is 10.9. The third-order valence-corrected chi connectivity index (χ3v) is 10.9. The molecule has 1 aliphatic carbocycles. The van der Waals surface area contributed by atoms with Crippen LogP contribution < -0.4 is 0 Å². The van der Waals surface area contributed by atoms with Gasteiger partial charge >= 0.3 is 0 Å². The molecule has 0 saturated heterocycles. The smallest absolute Gasteiger partial charge is 0.248 e. The summed E-state index contributed by atoms with van der Waals surface area (Å²) in [5, 5.41) is 10.4. The summed E-state index contributed by atoms with van der Waals surface area (Å²) in [6.45, 7) is 0. The lowest BCUT2D eigenvalue weighted by Crippen LogP contribution is -2.08. The molecule has 6 nitrogen and oxygen atoms in total. The molecular weight excluding hydrogens is 617 g/mol. The Balaban J connectivity index is 1.30. The van der Waals surface area contributed by atoms with Gasteiger partial charge in [0.2, 0.25) is 5.71 Å². The van der Waals surface area contributed by atoms with E-state index >= 15 is 0 Å². The van der Waals surface area contributed by atoms with E-state index in [0.29, 0.717) is 11.5 Å². The highest BCUT2D eigenvalue weighted by atomic mass is 16.3. The molecule has 12 aromatic rings. The predicted molar refractivity (Wildman–Crippen MR) is 202 cm³/mol. The molecule has 13 rings (SSSR count). The number of para-hydroxylation sites is 3. The zero-order valence-corrected chi connectivity index (χ0v) is 26.3. The standard InChI is InChI=1S/C44H22N4O2/c1-4-15-29-24(10-1)25-11-2-5-16-30(25)47(29)43-42(45-41-28-12-3-6-17-33(28)50-44(41)46-43)48-31-20-19-23-9-7-13-26-27-14-8-18-34-37(27)40-35(49-34)22-21-32(48)39(40)38(31)36(23)26/h1-22H. The van der Waals surface area contributed by atoms with Crippen molar-refractivity contribution in [3.8, 4) is 22.8 Å². The zero-order chi connectivity index (χ0) is 32.2. The molecule has 5 aromatic heterocycles. The van der Waals surface area contributed by atoms with Gasteiger partial charge in [-0.05, 0) is 70.4 Å². The van der Waals surface area contributed by atoms with Gasteiger partial charge in [0.25, 0.3) is 0 Å². The molecular formula is C44H22N4O2. The maximum atomic E-state index is 6.55. The van der Waals surface area contributed by atoms with Crippen LogP contribution in [-0.2, 0) is 0 Å². The van der Waals surface area contributed by atoms with Crippen molar-refractivity contribution in [1.82, 2.24) is 19.1 Å². The van der Waals surface area contributed by atoms with E-state index in [1.165, 1.54) is 32.7 Å². The Hall–Kier alpha value is -6.92. The van der Waals surface area contributed by atoms with Crippen molar-refractivity contribution in [1.29, 1.82) is 0 Å². The summed E-state index contributed by atoms with van der Waals surface area (Å²) in [4.78, 5) is 11.0. The van der Waals surface area contributed by atoms with Gasteiger partial charge in [0.05, 0.1) is 22.1 Å². The molecule has 0 radical (unpaired) electrons. The number of benzene rings is 7. The fourth-order valence-corrected chi connectivity index (χ4v) is 8.91. The van der Waals surface area contributed by atoms with Crippen molar-refractivity contribution < 1.29 is 8.83 Å². The molecule has 230 valence electrons. The number of rotatable bonds is 2. The maximum absolute atomic E-state index is 6.55. The van der Waals surface area contributed by atoms with Crippen molar-refractivity contribution >= 4 is 98.5 Å². The van der Waals surface area contributed by atoms with Crippen LogP contribution >= 0.6 is 0 Å². The van der Waals surface area contributed by atoms with Crippen LogP contribution in [0.1, 0.15) is 0 Å². The predicted octanol–water partition coefficient (Wildman–Crippen LogP) is 11.6. The normalized spacial score (nSPS) is 12.8. The summed E-state index contributed by atoms with van der Waals surface area (Å²) in [5.74, 6) is 1.44. The van der Waals surface area contributed by atoms with Gasteiger partial charge in [-0.3, -0.25) is 9.13 Å². The quantitative estimate of drug-likeness (QED) is 0.189. The van der Waals surface area contributed by atoms with E-state index in [1.807, 2.05) is 18.2 Å². The lowest BCUT2D eigenvalue weighted by Gasteiger charge is -2.15. The van der Waals surface area contributed by atoms with Crippen LogP contribution in [0, 0.1) is 0 Å². The van der Waals surface area contributed by atoms with E-state index in [9.17, 15) is 0 Å². The molecule has 7 aromatic carbocycles. The molecule has 0 spiro atoms. The minimum Gasteiger partial charge on any atom is -0.456 e. The Labute approximate surface area is 282 Å². The molecule has 0 aliphatic heterocycles. The van der Waals surface area contributed by atoms with E-state index in [0.717, 1.165) is 77.1 Å². The van der Waals surface area contributed by atoms with Crippen molar-refractivity contribution in [2.75, 3.05) is 0 Å². The number of furan rings is 2. The largest absolute Gasteiger partial charge is 0.456 e. The second-order valence-electron chi connectivity index (χ2n) is 13.3. The second-order valence-corrected chi connectivity index (χ2v) is 13.3. The highest BCUT2D eigenvalue weighted by molar-refractivity contribution is 6.38. The third kappa shape index (κ3) is 2.85. The molecule has 6 heteroatoms. The van der Waals surface area contributed by atoms with E-state index < -0.39 is 0 Å². The molecule has 0 bridgehead atoms. The van der Waals surface area contributed by atoms with Crippen molar-refractivity contribution in [3.63, 3.8) is 0 Å². The fourth-order valence-electron chi connectivity index (χ4n) is 8.91. The van der Waals surface area contributed by atoms with Gasteiger partial charge in [0.15, 0.2) is 11.6 Å². The van der Waals surface area contributed by atoms with Crippen LogP contribution in [0.5, 0.6) is 0 Å². The first-order valence-corrected chi connectivity index (χ1v) is 16.8. The Kier molecular flexibility index (Phi) is 4.30. The average molecular weight is 639 g/mol. The number of fused-ring (bicyclic) bond motifs is 7. The van der Waals surface area contributed by atoms with Crippen LogP contribution in [0.4, 0.5) is 0 Å². The summed E-state index contributed by atoms with van der Waals surface area (Å²) < 4.78 is 17.5. The monoisotopic (exact) mass is 638 g/mol. The number of hydrogen-bond donors (Lipinski definition) is 0. The first kappa shape index (κ1) is 25.1. The molecule has 0 saturated carbocycles. The summed E-state index contributed by atoms with van der Waals surface area (Å²) in [7, 11) is 0. The molecule has 1 aliphatic rings. The Bertz CT molecular complexity index is 3450. The first-order chi connectivity index (χ1) is 24.8. The minimum atomic E-state index is 0.509. The van der Waals surface area contributed by atoms with E-state index in [-0.39, 0.29) is 0 Å². The van der Waals surface area contributed by atoms with Crippen molar-refractivity contribution in [2.45, 2.75) is 0 Å². The highest BCUT2D eigenvalue weighted by Crippen LogP contribution is 2.51. The van der Waals surface area contributed by atoms with Gasteiger partial charge in [-0.25, -0.2) is 4.98 Å². The first-order valence-electron chi connectivity index (χ1n) is 16.8. The van der Waals surface area contributed by atoms with Gasteiger partial charge in [0.1, 0.15) is 22.3 Å². The summed E-state index contributed by atoms with van der Waals surface area (Å²) in [6, 6.07) is 46.9. The van der Waals surface area contributed by atoms with Crippen LogP contribution in [0.3, 0.4) is 0 Å². The Morgan fingerprint density at radius 2 is 0.980 bits per heavy atom. The van der Waals surface area contributed by atoms with Crippen molar-refractivity contribution in [3.05, 3.63) is 133 Å². The SMILES string of the molecule is c1cc2c3c(c1)ccc1c3c3c4c(ccc3n1-c1nc3c(nc1-n1c5ccccc5c5ccccc51)oc1ccccc13)oc1cccc-2c14. The lowest BCUT2D eigenvalue weighted by molar-refractivity contribution is 0.651. The molecule has 0 unspecified atom stereocenters. The zero-order valence-electron chi connectivity index (χ0n) is 26.3. The fraction of sp³-hybridized carbons (Fsp3) is 0. The Morgan fingerprint density at radius 3 is 1.80 bits per heavy atom. The topological polar surface area (TPSA) is 61.9 Å². The molecule has 0 N–H and O–H groups in total. The summed E-state index contributed by atoms with van der Waals surface area (Å²) >= 11 is 0. The Morgan fingerprint density at radius 1 is 0.380 bits per heavy atom. The average Bonchev–Trinajstić information content (AvgIpc) is 3.89. The highest BCUT2D eigenvalue weighted by Gasteiger charge is 2.29. The molecule has 0 fully saturated rings. The molecule has 0 atom stereocenters. The minimum absolute atomic E-state index is 0.509. The molecule has 0 amide bonds. The second kappa shape index (κ2) is 8.56. The van der Waals surface area contributed by atoms with Crippen LogP contribution in [-0.4, -0.2) is 19.1 Å².